The molecule has 2 N–H and O–H groups in total. The molecule has 106 valence electrons. The molecule has 2 aromatic rings. The van der Waals surface area contributed by atoms with Gasteiger partial charge in [-0.05, 0) is 55.0 Å². The minimum Gasteiger partial charge on any atom is -0.399 e. The number of nitrogens with two attached hydrogens (primary N) is 1. The zero-order valence-electron chi connectivity index (χ0n) is 11.2. The number of rotatable bonds is 2. The first-order valence-electron chi connectivity index (χ1n) is 6.06. The maximum atomic E-state index is 12.5. The summed E-state index contributed by atoms with van der Waals surface area (Å²) >= 11 is 0. The molecule has 2 rings (SSSR count). The van der Waals surface area contributed by atoms with Gasteiger partial charge in [-0.25, -0.2) is 0 Å². The highest BCUT2D eigenvalue weighted by atomic mass is 19.4. The van der Waals surface area contributed by atoms with Gasteiger partial charge in [-0.1, -0.05) is 0 Å². The predicted molar refractivity (Wildman–Crippen MR) is 75.1 cm³/mol. The molecular formula is C15H15F3N2. The number of alkyl halides is 3. The molecule has 0 fully saturated rings. The van der Waals surface area contributed by atoms with Crippen LogP contribution in [-0.4, -0.2) is 7.05 Å². The van der Waals surface area contributed by atoms with E-state index < -0.39 is 11.7 Å². The van der Waals surface area contributed by atoms with Gasteiger partial charge in [0.2, 0.25) is 0 Å². The number of aryl methyl sites for hydroxylation is 1. The average Bonchev–Trinajstić information content (AvgIpc) is 2.40. The Balaban J connectivity index is 2.29. The van der Waals surface area contributed by atoms with Gasteiger partial charge in [0.1, 0.15) is 0 Å². The summed E-state index contributed by atoms with van der Waals surface area (Å²) in [5, 5.41) is 0. The van der Waals surface area contributed by atoms with Crippen molar-refractivity contribution in [2.45, 2.75) is 13.1 Å². The van der Waals surface area contributed by atoms with Crippen LogP contribution >= 0.6 is 0 Å². The lowest BCUT2D eigenvalue weighted by atomic mass is 10.1. The van der Waals surface area contributed by atoms with Crippen molar-refractivity contribution < 1.29 is 13.2 Å². The van der Waals surface area contributed by atoms with Crippen LogP contribution in [0.2, 0.25) is 0 Å². The van der Waals surface area contributed by atoms with Gasteiger partial charge in [0.05, 0.1) is 5.56 Å². The second-order valence-corrected chi connectivity index (χ2v) is 4.64. The molecule has 0 unspecified atom stereocenters. The quantitative estimate of drug-likeness (QED) is 0.828. The number of anilines is 3. The maximum absolute atomic E-state index is 12.5. The second kappa shape index (κ2) is 5.07. The number of benzene rings is 2. The van der Waals surface area contributed by atoms with E-state index in [1.54, 1.807) is 13.1 Å². The number of nitrogens with zero attached hydrogens (tertiary/aromatic N) is 1. The number of nitrogen functional groups attached to an aromatic ring is 1. The van der Waals surface area contributed by atoms with Crippen LogP contribution in [0.4, 0.5) is 30.2 Å². The molecule has 0 aliphatic rings. The molecule has 0 spiro atoms. The fraction of sp³-hybridized carbons (Fsp3) is 0.200. The fourth-order valence-corrected chi connectivity index (χ4v) is 1.89. The summed E-state index contributed by atoms with van der Waals surface area (Å²) in [7, 11) is 1.80. The summed E-state index contributed by atoms with van der Waals surface area (Å²) in [6.45, 7) is 1.89. The lowest BCUT2D eigenvalue weighted by molar-refractivity contribution is -0.137. The summed E-state index contributed by atoms with van der Waals surface area (Å²) in [4.78, 5) is 1.81. The van der Waals surface area contributed by atoms with Crippen LogP contribution < -0.4 is 10.6 Å². The smallest absolute Gasteiger partial charge is 0.399 e. The van der Waals surface area contributed by atoms with E-state index in [4.69, 9.17) is 5.73 Å². The van der Waals surface area contributed by atoms with Crippen molar-refractivity contribution in [3.63, 3.8) is 0 Å². The van der Waals surface area contributed by atoms with Crippen LogP contribution in [0.25, 0.3) is 0 Å². The van der Waals surface area contributed by atoms with Gasteiger partial charge in [-0.15, -0.1) is 0 Å². The van der Waals surface area contributed by atoms with Crippen molar-refractivity contribution in [2.24, 2.45) is 0 Å². The Morgan fingerprint density at radius 1 is 0.950 bits per heavy atom. The molecule has 0 aliphatic heterocycles. The molecular weight excluding hydrogens is 265 g/mol. The summed E-state index contributed by atoms with van der Waals surface area (Å²) in [6.07, 6.45) is -4.31. The van der Waals surface area contributed by atoms with Crippen LogP contribution in [0, 0.1) is 6.92 Å². The van der Waals surface area contributed by atoms with E-state index in [1.165, 1.54) is 12.1 Å². The van der Waals surface area contributed by atoms with Crippen LogP contribution in [0.3, 0.4) is 0 Å². The zero-order chi connectivity index (χ0) is 14.9. The van der Waals surface area contributed by atoms with E-state index in [0.29, 0.717) is 11.4 Å². The SMILES string of the molecule is Cc1cc(N(C)c2ccc(C(F)(F)F)cc2)ccc1N. The van der Waals surface area contributed by atoms with Gasteiger partial charge in [-0.3, -0.25) is 0 Å². The molecule has 0 amide bonds. The van der Waals surface area contributed by atoms with Crippen molar-refractivity contribution in [3.05, 3.63) is 53.6 Å². The molecule has 0 heterocycles. The van der Waals surface area contributed by atoms with Crippen LogP contribution in [0.15, 0.2) is 42.5 Å². The summed E-state index contributed by atoms with van der Waals surface area (Å²) in [5.74, 6) is 0. The Labute approximate surface area is 115 Å². The van der Waals surface area contributed by atoms with Gasteiger partial charge >= 0.3 is 6.18 Å². The third kappa shape index (κ3) is 2.87. The molecule has 0 atom stereocenters. The number of hydrogen-bond donors (Lipinski definition) is 1. The van der Waals surface area contributed by atoms with Gasteiger partial charge in [0, 0.05) is 24.1 Å². The Hall–Kier alpha value is -2.17. The van der Waals surface area contributed by atoms with Crippen molar-refractivity contribution in [1.82, 2.24) is 0 Å². The third-order valence-electron chi connectivity index (χ3n) is 3.22. The largest absolute Gasteiger partial charge is 0.416 e. The second-order valence-electron chi connectivity index (χ2n) is 4.64. The highest BCUT2D eigenvalue weighted by molar-refractivity contribution is 5.66. The molecule has 0 bridgehead atoms. The molecule has 2 nitrogen and oxygen atoms in total. The van der Waals surface area contributed by atoms with Crippen molar-refractivity contribution in [2.75, 3.05) is 17.7 Å². The van der Waals surface area contributed by atoms with E-state index in [0.717, 1.165) is 23.4 Å². The number of hydrogen-bond acceptors (Lipinski definition) is 2. The highest BCUT2D eigenvalue weighted by Gasteiger charge is 2.30. The Morgan fingerprint density at radius 3 is 2.00 bits per heavy atom. The van der Waals surface area contributed by atoms with E-state index in [2.05, 4.69) is 0 Å². The third-order valence-corrected chi connectivity index (χ3v) is 3.22. The standard InChI is InChI=1S/C15H15F3N2/c1-10-9-13(7-8-14(10)19)20(2)12-5-3-11(4-6-12)15(16,17)18/h3-9H,19H2,1-2H3. The molecule has 20 heavy (non-hydrogen) atoms. The zero-order valence-corrected chi connectivity index (χ0v) is 11.2. The van der Waals surface area contributed by atoms with Gasteiger partial charge < -0.3 is 10.6 Å². The van der Waals surface area contributed by atoms with Crippen molar-refractivity contribution >= 4 is 17.1 Å². The molecule has 2 aromatic carbocycles. The summed E-state index contributed by atoms with van der Waals surface area (Å²) < 4.78 is 37.5. The van der Waals surface area contributed by atoms with Gasteiger partial charge in [0.25, 0.3) is 0 Å². The topological polar surface area (TPSA) is 29.3 Å². The normalized spacial score (nSPS) is 11.4. The van der Waals surface area contributed by atoms with Gasteiger partial charge in [-0.2, -0.15) is 13.2 Å². The van der Waals surface area contributed by atoms with E-state index in [1.807, 2.05) is 24.0 Å². The molecule has 0 saturated carbocycles. The average molecular weight is 280 g/mol. The summed E-state index contributed by atoms with van der Waals surface area (Å²) in [6, 6.07) is 10.6. The van der Waals surface area contributed by atoms with E-state index >= 15 is 0 Å². The summed E-state index contributed by atoms with van der Waals surface area (Å²) in [5.41, 5.74) is 8.28. The fourth-order valence-electron chi connectivity index (χ4n) is 1.89. The highest BCUT2D eigenvalue weighted by Crippen LogP contribution is 2.32. The lowest BCUT2D eigenvalue weighted by Crippen LogP contribution is -2.11. The molecule has 5 heteroatoms. The molecule has 0 radical (unpaired) electrons. The lowest BCUT2D eigenvalue weighted by Gasteiger charge is -2.21. The van der Waals surface area contributed by atoms with Crippen molar-refractivity contribution in [1.29, 1.82) is 0 Å². The first kappa shape index (κ1) is 14.2. The number of halogens is 3. The monoisotopic (exact) mass is 280 g/mol. The van der Waals surface area contributed by atoms with Crippen LogP contribution in [0.1, 0.15) is 11.1 Å². The maximum Gasteiger partial charge on any atom is 0.416 e. The predicted octanol–water partition coefficient (Wildman–Crippen LogP) is 4.36. The minimum atomic E-state index is -4.31. The van der Waals surface area contributed by atoms with Crippen LogP contribution in [-0.2, 0) is 6.18 Å². The molecule has 0 aliphatic carbocycles. The first-order valence-corrected chi connectivity index (χ1v) is 6.06. The van der Waals surface area contributed by atoms with Crippen LogP contribution in [0.5, 0.6) is 0 Å². The first-order chi connectivity index (χ1) is 9.29. The molecule has 0 aromatic heterocycles. The van der Waals surface area contributed by atoms with Crippen molar-refractivity contribution in [3.8, 4) is 0 Å². The van der Waals surface area contributed by atoms with E-state index in [-0.39, 0.29) is 0 Å². The Morgan fingerprint density at radius 2 is 1.50 bits per heavy atom. The Kier molecular flexibility index (Phi) is 3.61. The minimum absolute atomic E-state index is 0.650. The van der Waals surface area contributed by atoms with E-state index in [9.17, 15) is 13.2 Å². The van der Waals surface area contributed by atoms with Gasteiger partial charge in [0.15, 0.2) is 0 Å². The Bertz CT molecular complexity index is 604. The molecule has 0 saturated heterocycles.